The second kappa shape index (κ2) is 5.19. The number of hydrogen-bond donors (Lipinski definition) is 2. The Bertz CT molecular complexity index is 394. The van der Waals surface area contributed by atoms with Gasteiger partial charge in [-0.05, 0) is 36.3 Å². The smallest absolute Gasteiger partial charge is 0.240 e. The molecule has 3 N–H and O–H groups in total. The molecule has 1 saturated carbocycles. The number of hydrogen-bond acceptors (Lipinski definition) is 3. The second-order valence-corrected chi connectivity index (χ2v) is 5.77. The summed E-state index contributed by atoms with van der Waals surface area (Å²) in [5.41, 5.74) is 6.82. The van der Waals surface area contributed by atoms with Crippen molar-refractivity contribution in [3.8, 4) is 0 Å². The molecule has 1 aromatic rings. The monoisotopic (exact) mass is 252 g/mol. The Hall–Kier alpha value is -0.870. The molecule has 1 fully saturated rings. The summed E-state index contributed by atoms with van der Waals surface area (Å²) in [6.45, 7) is 2.76. The van der Waals surface area contributed by atoms with Crippen LogP contribution < -0.4 is 11.1 Å². The molecule has 4 heteroatoms. The van der Waals surface area contributed by atoms with Crippen LogP contribution in [0.25, 0.3) is 0 Å². The van der Waals surface area contributed by atoms with Gasteiger partial charge >= 0.3 is 0 Å². The lowest BCUT2D eigenvalue weighted by Crippen LogP contribution is -2.51. The van der Waals surface area contributed by atoms with Crippen molar-refractivity contribution in [1.29, 1.82) is 0 Å². The predicted molar refractivity (Wildman–Crippen MR) is 70.9 cm³/mol. The first-order valence-corrected chi connectivity index (χ1v) is 7.16. The number of aryl methyl sites for hydroxylation is 1. The molecule has 2 rings (SSSR count). The highest BCUT2D eigenvalue weighted by Crippen LogP contribution is 2.27. The van der Waals surface area contributed by atoms with Gasteiger partial charge in [-0.25, -0.2) is 0 Å². The number of nitrogens with two attached hydrogens (primary N) is 1. The Kier molecular flexibility index (Phi) is 3.84. The van der Waals surface area contributed by atoms with Crippen LogP contribution in [0.3, 0.4) is 0 Å². The molecule has 0 radical (unpaired) electrons. The third kappa shape index (κ3) is 2.69. The molecule has 1 amide bonds. The van der Waals surface area contributed by atoms with Crippen LogP contribution in [0.5, 0.6) is 0 Å². The van der Waals surface area contributed by atoms with Gasteiger partial charge in [0.15, 0.2) is 0 Å². The van der Waals surface area contributed by atoms with Crippen LogP contribution in [-0.4, -0.2) is 11.4 Å². The fraction of sp³-hybridized carbons (Fsp3) is 0.615. The Labute approximate surface area is 106 Å². The average Bonchev–Trinajstić information content (AvgIpc) is 2.95. The molecule has 1 aliphatic carbocycles. The van der Waals surface area contributed by atoms with Crippen molar-refractivity contribution in [2.75, 3.05) is 0 Å². The van der Waals surface area contributed by atoms with Crippen molar-refractivity contribution in [3.63, 3.8) is 0 Å². The van der Waals surface area contributed by atoms with E-state index in [0.717, 1.165) is 32.1 Å². The minimum Gasteiger partial charge on any atom is -0.350 e. The summed E-state index contributed by atoms with van der Waals surface area (Å²) in [5.74, 6) is 0.0189. The van der Waals surface area contributed by atoms with E-state index < -0.39 is 5.54 Å². The first kappa shape index (κ1) is 12.6. The molecule has 3 nitrogen and oxygen atoms in total. The van der Waals surface area contributed by atoms with Crippen LogP contribution in [0.1, 0.15) is 43.0 Å². The van der Waals surface area contributed by atoms with Gasteiger partial charge in [-0.15, -0.1) is 11.3 Å². The lowest BCUT2D eigenvalue weighted by Gasteiger charge is -2.22. The zero-order valence-electron chi connectivity index (χ0n) is 10.3. The molecule has 0 atom stereocenters. The Morgan fingerprint density at radius 2 is 2.24 bits per heavy atom. The quantitative estimate of drug-likeness (QED) is 0.863. The summed E-state index contributed by atoms with van der Waals surface area (Å²) in [5, 5.41) is 5.07. The number of carbonyl (C=O) groups is 1. The number of carbonyl (C=O) groups excluding carboxylic acids is 1. The van der Waals surface area contributed by atoms with Crippen molar-refractivity contribution in [2.24, 2.45) is 5.73 Å². The molecule has 0 saturated heterocycles. The molecular weight excluding hydrogens is 232 g/mol. The normalized spacial score (nSPS) is 18.2. The molecule has 0 aromatic carbocycles. The largest absolute Gasteiger partial charge is 0.350 e. The van der Waals surface area contributed by atoms with Gasteiger partial charge in [0.2, 0.25) is 5.91 Å². The summed E-state index contributed by atoms with van der Waals surface area (Å²) in [7, 11) is 0. The Morgan fingerprint density at radius 1 is 1.53 bits per heavy atom. The maximum atomic E-state index is 12.0. The number of thiophene rings is 1. The van der Waals surface area contributed by atoms with Crippen LogP contribution >= 0.6 is 11.3 Å². The second-order valence-electron chi connectivity index (χ2n) is 4.77. The van der Waals surface area contributed by atoms with Gasteiger partial charge in [0, 0.05) is 4.88 Å². The maximum absolute atomic E-state index is 12.0. The molecule has 0 spiro atoms. The third-order valence-corrected chi connectivity index (χ3v) is 4.54. The lowest BCUT2D eigenvalue weighted by atomic mass is 9.98. The van der Waals surface area contributed by atoms with Gasteiger partial charge in [0.25, 0.3) is 0 Å². The zero-order valence-corrected chi connectivity index (χ0v) is 11.1. The van der Waals surface area contributed by atoms with E-state index in [1.165, 1.54) is 10.4 Å². The highest BCUT2D eigenvalue weighted by molar-refractivity contribution is 7.10. The standard InChI is InChI=1S/C13H20N2OS/c1-2-10-5-8-17-11(10)9-15-12(16)13(14)6-3-4-7-13/h5,8H,2-4,6-7,9,14H2,1H3,(H,15,16). The van der Waals surface area contributed by atoms with Crippen LogP contribution in [-0.2, 0) is 17.8 Å². The van der Waals surface area contributed by atoms with Gasteiger partial charge < -0.3 is 11.1 Å². The summed E-state index contributed by atoms with van der Waals surface area (Å²) >= 11 is 1.70. The van der Waals surface area contributed by atoms with Crippen LogP contribution in [0.15, 0.2) is 11.4 Å². The van der Waals surface area contributed by atoms with Crippen LogP contribution in [0, 0.1) is 0 Å². The van der Waals surface area contributed by atoms with Crippen molar-refractivity contribution in [2.45, 2.75) is 51.1 Å². The highest BCUT2D eigenvalue weighted by Gasteiger charge is 2.36. The van der Waals surface area contributed by atoms with E-state index in [1.807, 2.05) is 0 Å². The van der Waals surface area contributed by atoms with Crippen molar-refractivity contribution >= 4 is 17.2 Å². The molecule has 1 aromatic heterocycles. The molecule has 1 aliphatic rings. The van der Waals surface area contributed by atoms with E-state index in [9.17, 15) is 4.79 Å². The van der Waals surface area contributed by atoms with E-state index in [0.29, 0.717) is 6.54 Å². The first-order chi connectivity index (χ1) is 8.15. The zero-order chi connectivity index (χ0) is 12.3. The Morgan fingerprint density at radius 3 is 2.88 bits per heavy atom. The van der Waals surface area contributed by atoms with E-state index in [1.54, 1.807) is 11.3 Å². The van der Waals surface area contributed by atoms with Crippen LogP contribution in [0.2, 0.25) is 0 Å². The van der Waals surface area contributed by atoms with Gasteiger partial charge in [-0.2, -0.15) is 0 Å². The minimum atomic E-state index is -0.608. The van der Waals surface area contributed by atoms with E-state index in [-0.39, 0.29) is 5.91 Å². The van der Waals surface area contributed by atoms with E-state index in [2.05, 4.69) is 23.7 Å². The summed E-state index contributed by atoms with van der Waals surface area (Å²) < 4.78 is 0. The molecule has 0 bridgehead atoms. The third-order valence-electron chi connectivity index (χ3n) is 3.58. The molecule has 1 heterocycles. The highest BCUT2D eigenvalue weighted by atomic mass is 32.1. The molecule has 0 unspecified atom stereocenters. The van der Waals surface area contributed by atoms with E-state index >= 15 is 0 Å². The molecule has 0 aliphatic heterocycles. The predicted octanol–water partition coefficient (Wildman–Crippen LogP) is 2.20. The first-order valence-electron chi connectivity index (χ1n) is 6.28. The van der Waals surface area contributed by atoms with E-state index in [4.69, 9.17) is 5.73 Å². The van der Waals surface area contributed by atoms with Gasteiger partial charge in [-0.3, -0.25) is 4.79 Å². The van der Waals surface area contributed by atoms with Crippen LogP contribution in [0.4, 0.5) is 0 Å². The Balaban J connectivity index is 1.92. The summed E-state index contributed by atoms with van der Waals surface area (Å²) in [6, 6.07) is 2.12. The van der Waals surface area contributed by atoms with Crippen molar-refractivity contribution in [1.82, 2.24) is 5.32 Å². The average molecular weight is 252 g/mol. The van der Waals surface area contributed by atoms with Gasteiger partial charge in [0.1, 0.15) is 0 Å². The number of amides is 1. The van der Waals surface area contributed by atoms with Crippen molar-refractivity contribution < 1.29 is 4.79 Å². The molecule has 94 valence electrons. The van der Waals surface area contributed by atoms with Crippen molar-refractivity contribution in [3.05, 3.63) is 21.9 Å². The molecule has 17 heavy (non-hydrogen) atoms. The topological polar surface area (TPSA) is 55.1 Å². The fourth-order valence-corrected chi connectivity index (χ4v) is 3.32. The SMILES string of the molecule is CCc1ccsc1CNC(=O)C1(N)CCCC1. The number of nitrogens with one attached hydrogen (secondary N) is 1. The molecular formula is C13H20N2OS. The maximum Gasteiger partial charge on any atom is 0.240 e. The summed E-state index contributed by atoms with van der Waals surface area (Å²) in [6.07, 6.45) is 4.81. The van der Waals surface area contributed by atoms with Gasteiger partial charge in [0.05, 0.1) is 12.1 Å². The number of rotatable bonds is 4. The summed E-state index contributed by atoms with van der Waals surface area (Å²) in [4.78, 5) is 13.3. The van der Waals surface area contributed by atoms with Gasteiger partial charge in [-0.1, -0.05) is 19.8 Å². The minimum absolute atomic E-state index is 0.0189. The fourth-order valence-electron chi connectivity index (χ4n) is 2.41. The lowest BCUT2D eigenvalue weighted by molar-refractivity contribution is -0.126.